The third-order valence-corrected chi connectivity index (χ3v) is 7.29. The molecule has 0 unspecified atom stereocenters. The lowest BCUT2D eigenvalue weighted by atomic mass is 10.1. The lowest BCUT2D eigenvalue weighted by molar-refractivity contribution is 0.620. The van der Waals surface area contributed by atoms with Crippen LogP contribution in [0.5, 0.6) is 0 Å². The van der Waals surface area contributed by atoms with Crippen molar-refractivity contribution in [2.45, 2.75) is 0 Å². The van der Waals surface area contributed by atoms with Gasteiger partial charge in [-0.25, -0.2) is 4.39 Å². The van der Waals surface area contributed by atoms with E-state index in [9.17, 15) is 4.39 Å². The van der Waals surface area contributed by atoms with Crippen molar-refractivity contribution in [2.75, 3.05) is 0 Å². The minimum atomic E-state index is -0.275. The zero-order valence-corrected chi connectivity index (χ0v) is 19.6. The average molecular weight is 505 g/mol. The molecule has 34 heavy (non-hydrogen) atoms. The first-order valence-electron chi connectivity index (χ1n) is 11.2. The van der Waals surface area contributed by atoms with E-state index in [-0.39, 0.29) is 5.82 Å². The fourth-order valence-electron chi connectivity index (χ4n) is 5.26. The van der Waals surface area contributed by atoms with Crippen molar-refractivity contribution in [3.05, 3.63) is 119 Å². The van der Waals surface area contributed by atoms with E-state index in [1.807, 2.05) is 18.2 Å². The molecule has 0 radical (unpaired) electrons. The predicted octanol–water partition coefficient (Wildman–Crippen LogP) is 8.78. The molecule has 7 aromatic rings. The smallest absolute Gasteiger partial charge is 0.139 e. The summed E-state index contributed by atoms with van der Waals surface area (Å²) >= 11 is 3.29. The Labute approximate surface area is 203 Å². The summed E-state index contributed by atoms with van der Waals surface area (Å²) in [4.78, 5) is 0. The highest BCUT2D eigenvalue weighted by Crippen LogP contribution is 2.41. The van der Waals surface area contributed by atoms with Crippen LogP contribution in [0.1, 0.15) is 0 Å². The Morgan fingerprint density at radius 1 is 0.529 bits per heavy atom. The highest BCUT2D eigenvalue weighted by Gasteiger charge is 2.20. The van der Waals surface area contributed by atoms with E-state index in [1.165, 1.54) is 16.3 Å². The van der Waals surface area contributed by atoms with Gasteiger partial charge in [0, 0.05) is 32.9 Å². The maximum atomic E-state index is 14.6. The van der Waals surface area contributed by atoms with Crippen molar-refractivity contribution in [1.29, 1.82) is 0 Å². The van der Waals surface area contributed by atoms with Crippen molar-refractivity contribution in [3.63, 3.8) is 0 Å². The molecule has 2 heterocycles. The summed E-state index contributed by atoms with van der Waals surface area (Å²) in [5, 5.41) is 4.73. The van der Waals surface area contributed by atoms with E-state index >= 15 is 0 Å². The van der Waals surface area contributed by atoms with Gasteiger partial charge in [-0.1, -0.05) is 60.7 Å². The molecular weight excluding hydrogens is 487 g/mol. The Morgan fingerprint density at radius 2 is 1.21 bits per heavy atom. The van der Waals surface area contributed by atoms with Crippen LogP contribution in [0.2, 0.25) is 0 Å². The molecule has 7 rings (SSSR count). The molecule has 0 saturated heterocycles. The van der Waals surface area contributed by atoms with Crippen molar-refractivity contribution >= 4 is 59.5 Å². The number of hydrogen-bond donors (Lipinski definition) is 0. The second-order valence-corrected chi connectivity index (χ2v) is 9.35. The van der Waals surface area contributed by atoms with Crippen LogP contribution < -0.4 is 0 Å². The summed E-state index contributed by atoms with van der Waals surface area (Å²) < 4.78 is 19.6. The standard InChI is InChI=1S/C30H18BrFN2/c31-24-16-14-20(18-25(24)32)33-27-13-7-5-11-23(27)29-28(33)17-15-22-21-10-4-6-12-26(21)34(30(22)29)19-8-2-1-3-9-19/h1-18H. The van der Waals surface area contributed by atoms with Gasteiger partial charge in [0.25, 0.3) is 0 Å². The monoisotopic (exact) mass is 504 g/mol. The van der Waals surface area contributed by atoms with Crippen molar-refractivity contribution in [2.24, 2.45) is 0 Å². The van der Waals surface area contributed by atoms with E-state index in [1.54, 1.807) is 12.1 Å². The zero-order valence-electron chi connectivity index (χ0n) is 18.0. The van der Waals surface area contributed by atoms with E-state index < -0.39 is 0 Å². The lowest BCUT2D eigenvalue weighted by Gasteiger charge is -2.10. The maximum absolute atomic E-state index is 14.6. The third-order valence-electron chi connectivity index (χ3n) is 6.65. The van der Waals surface area contributed by atoms with Crippen molar-refractivity contribution in [1.82, 2.24) is 9.13 Å². The molecule has 2 aromatic heterocycles. The lowest BCUT2D eigenvalue weighted by Crippen LogP contribution is -1.96. The van der Waals surface area contributed by atoms with Gasteiger partial charge >= 0.3 is 0 Å². The zero-order chi connectivity index (χ0) is 22.8. The van der Waals surface area contributed by atoms with Crippen LogP contribution in [0.15, 0.2) is 114 Å². The van der Waals surface area contributed by atoms with Gasteiger partial charge in [-0.3, -0.25) is 0 Å². The molecule has 162 valence electrons. The maximum Gasteiger partial charge on any atom is 0.139 e. The van der Waals surface area contributed by atoms with Gasteiger partial charge in [-0.2, -0.15) is 0 Å². The Hall–Kier alpha value is -3.89. The molecule has 0 N–H and O–H groups in total. The Bertz CT molecular complexity index is 1880. The van der Waals surface area contributed by atoms with Crippen molar-refractivity contribution < 1.29 is 4.39 Å². The number of hydrogen-bond acceptors (Lipinski definition) is 0. The molecule has 0 amide bonds. The van der Waals surface area contributed by atoms with E-state index in [0.717, 1.165) is 38.7 Å². The summed E-state index contributed by atoms with van der Waals surface area (Å²) in [6.45, 7) is 0. The fraction of sp³-hybridized carbons (Fsp3) is 0. The highest BCUT2D eigenvalue weighted by atomic mass is 79.9. The van der Waals surface area contributed by atoms with Crippen LogP contribution in [-0.4, -0.2) is 9.13 Å². The molecule has 5 aromatic carbocycles. The van der Waals surface area contributed by atoms with Gasteiger partial charge in [0.1, 0.15) is 5.82 Å². The first-order chi connectivity index (χ1) is 16.7. The molecule has 0 fully saturated rings. The summed E-state index contributed by atoms with van der Waals surface area (Å²) in [5.41, 5.74) is 6.36. The predicted molar refractivity (Wildman–Crippen MR) is 143 cm³/mol. The molecule has 0 bridgehead atoms. The normalized spacial score (nSPS) is 11.8. The summed E-state index contributed by atoms with van der Waals surface area (Å²) in [5.74, 6) is -0.275. The van der Waals surface area contributed by atoms with E-state index in [0.29, 0.717) is 4.47 Å². The minimum Gasteiger partial charge on any atom is -0.309 e. The van der Waals surface area contributed by atoms with Crippen LogP contribution in [-0.2, 0) is 0 Å². The highest BCUT2D eigenvalue weighted by molar-refractivity contribution is 9.10. The molecule has 2 nitrogen and oxygen atoms in total. The number of para-hydroxylation sites is 3. The number of nitrogens with zero attached hydrogens (tertiary/aromatic N) is 2. The summed E-state index contributed by atoms with van der Waals surface area (Å²) in [6.07, 6.45) is 0. The van der Waals surface area contributed by atoms with Gasteiger partial charge in [0.05, 0.1) is 26.5 Å². The number of benzene rings is 5. The quantitative estimate of drug-likeness (QED) is 0.222. The van der Waals surface area contributed by atoms with Gasteiger partial charge < -0.3 is 9.13 Å². The first-order valence-corrected chi connectivity index (χ1v) is 12.0. The number of aromatic nitrogens is 2. The van der Waals surface area contributed by atoms with Crippen LogP contribution in [0.4, 0.5) is 4.39 Å². The van der Waals surface area contributed by atoms with Gasteiger partial charge in [0.15, 0.2) is 0 Å². The van der Waals surface area contributed by atoms with Crippen LogP contribution >= 0.6 is 15.9 Å². The topological polar surface area (TPSA) is 9.86 Å². The average Bonchev–Trinajstić information content (AvgIpc) is 3.39. The Morgan fingerprint density at radius 3 is 1.97 bits per heavy atom. The Balaban J connectivity index is 1.74. The molecule has 0 aliphatic carbocycles. The van der Waals surface area contributed by atoms with Crippen LogP contribution in [0.3, 0.4) is 0 Å². The van der Waals surface area contributed by atoms with Crippen LogP contribution in [0, 0.1) is 5.82 Å². The van der Waals surface area contributed by atoms with Crippen molar-refractivity contribution in [3.8, 4) is 11.4 Å². The molecule has 0 aliphatic heterocycles. The molecule has 0 aliphatic rings. The molecule has 0 spiro atoms. The Kier molecular flexibility index (Phi) is 4.20. The van der Waals surface area contributed by atoms with E-state index in [2.05, 4.69) is 104 Å². The minimum absolute atomic E-state index is 0.275. The fourth-order valence-corrected chi connectivity index (χ4v) is 5.50. The second kappa shape index (κ2) is 7.31. The van der Waals surface area contributed by atoms with E-state index in [4.69, 9.17) is 0 Å². The largest absolute Gasteiger partial charge is 0.309 e. The number of fused-ring (bicyclic) bond motifs is 7. The summed E-state index contributed by atoms with van der Waals surface area (Å²) in [7, 11) is 0. The molecular formula is C30H18BrFN2. The first kappa shape index (κ1) is 19.6. The molecule has 0 atom stereocenters. The third kappa shape index (κ3) is 2.66. The molecule has 4 heteroatoms. The van der Waals surface area contributed by atoms with Gasteiger partial charge in [-0.15, -0.1) is 0 Å². The number of rotatable bonds is 2. The SMILES string of the molecule is Fc1cc(-n2c3ccccc3c3c2ccc2c4ccccc4n(-c4ccccc4)c23)ccc1Br. The summed E-state index contributed by atoms with van der Waals surface area (Å²) in [6, 6.07) is 37.1. The van der Waals surface area contributed by atoms with Gasteiger partial charge in [-0.05, 0) is 64.5 Å². The number of halogens is 2. The van der Waals surface area contributed by atoms with Crippen LogP contribution in [0.25, 0.3) is 55.0 Å². The second-order valence-electron chi connectivity index (χ2n) is 8.49. The van der Waals surface area contributed by atoms with Gasteiger partial charge in [0.2, 0.25) is 0 Å². The molecule has 0 saturated carbocycles.